The zero-order valence-corrected chi connectivity index (χ0v) is 10.1. The first-order valence-corrected chi connectivity index (χ1v) is 6.01. The normalized spacial score (nSPS) is 22.9. The Morgan fingerprint density at radius 2 is 1.86 bits per heavy atom. The van der Waals surface area contributed by atoms with E-state index in [2.05, 4.69) is 25.7 Å². The van der Waals surface area contributed by atoms with Crippen LogP contribution in [0, 0.1) is 5.92 Å². The molecule has 0 aliphatic carbocycles. The van der Waals surface area contributed by atoms with E-state index in [-0.39, 0.29) is 5.54 Å². The smallest absolute Gasteiger partial charge is 0.0150 e. The van der Waals surface area contributed by atoms with Crippen molar-refractivity contribution in [3.63, 3.8) is 0 Å². The maximum atomic E-state index is 6.09. The van der Waals surface area contributed by atoms with Gasteiger partial charge in [-0.15, -0.1) is 0 Å². The summed E-state index contributed by atoms with van der Waals surface area (Å²) in [6, 6.07) is 0. The average molecular weight is 198 g/mol. The molecule has 0 saturated carbocycles. The molecular weight excluding hydrogens is 172 g/mol. The SMILES string of the molecule is CC(C)CCCN1CCC(C)(N)CC1. The van der Waals surface area contributed by atoms with E-state index in [1.165, 1.54) is 32.5 Å². The molecule has 1 fully saturated rings. The van der Waals surface area contributed by atoms with Crippen LogP contribution in [0.2, 0.25) is 0 Å². The van der Waals surface area contributed by atoms with Gasteiger partial charge in [-0.2, -0.15) is 0 Å². The quantitative estimate of drug-likeness (QED) is 0.750. The van der Waals surface area contributed by atoms with Crippen LogP contribution in [0.4, 0.5) is 0 Å². The van der Waals surface area contributed by atoms with E-state index in [4.69, 9.17) is 5.73 Å². The third kappa shape index (κ3) is 4.43. The lowest BCUT2D eigenvalue weighted by Gasteiger charge is -2.36. The van der Waals surface area contributed by atoms with Gasteiger partial charge in [0.05, 0.1) is 0 Å². The van der Waals surface area contributed by atoms with E-state index in [1.807, 2.05) is 0 Å². The fourth-order valence-electron chi connectivity index (χ4n) is 2.01. The summed E-state index contributed by atoms with van der Waals surface area (Å²) < 4.78 is 0. The van der Waals surface area contributed by atoms with Crippen molar-refractivity contribution in [2.75, 3.05) is 19.6 Å². The van der Waals surface area contributed by atoms with Crippen molar-refractivity contribution in [3.8, 4) is 0 Å². The summed E-state index contributed by atoms with van der Waals surface area (Å²) in [6.07, 6.45) is 5.03. The Morgan fingerprint density at radius 3 is 2.36 bits per heavy atom. The van der Waals surface area contributed by atoms with Crippen molar-refractivity contribution in [1.82, 2.24) is 4.90 Å². The molecular formula is C12H26N2. The van der Waals surface area contributed by atoms with Gasteiger partial charge in [-0.05, 0) is 58.2 Å². The van der Waals surface area contributed by atoms with Crippen LogP contribution in [-0.2, 0) is 0 Å². The number of rotatable bonds is 4. The fraction of sp³-hybridized carbons (Fsp3) is 1.00. The summed E-state index contributed by atoms with van der Waals surface area (Å²) in [7, 11) is 0. The molecule has 2 N–H and O–H groups in total. The van der Waals surface area contributed by atoms with Crippen LogP contribution in [0.5, 0.6) is 0 Å². The molecule has 0 bridgehead atoms. The molecule has 14 heavy (non-hydrogen) atoms. The van der Waals surface area contributed by atoms with Gasteiger partial charge in [0.15, 0.2) is 0 Å². The number of piperidine rings is 1. The second-order valence-corrected chi connectivity index (χ2v) is 5.53. The third-order valence-electron chi connectivity index (χ3n) is 3.25. The zero-order chi connectivity index (χ0) is 10.6. The predicted molar refractivity (Wildman–Crippen MR) is 62.3 cm³/mol. The minimum absolute atomic E-state index is 0.106. The summed E-state index contributed by atoms with van der Waals surface area (Å²) in [5.74, 6) is 0.847. The van der Waals surface area contributed by atoms with Crippen LogP contribution in [0.3, 0.4) is 0 Å². The van der Waals surface area contributed by atoms with Crippen molar-refractivity contribution >= 4 is 0 Å². The highest BCUT2D eigenvalue weighted by atomic mass is 15.1. The Labute approximate surface area is 88.8 Å². The molecule has 0 radical (unpaired) electrons. The van der Waals surface area contributed by atoms with Gasteiger partial charge in [0.1, 0.15) is 0 Å². The van der Waals surface area contributed by atoms with E-state index in [1.54, 1.807) is 0 Å². The summed E-state index contributed by atoms with van der Waals surface area (Å²) in [5, 5.41) is 0. The maximum Gasteiger partial charge on any atom is 0.0150 e. The molecule has 84 valence electrons. The standard InChI is InChI=1S/C12H26N2/c1-11(2)5-4-8-14-9-6-12(3,13)7-10-14/h11H,4-10,13H2,1-3H3. The zero-order valence-electron chi connectivity index (χ0n) is 10.1. The van der Waals surface area contributed by atoms with Gasteiger partial charge >= 0.3 is 0 Å². The van der Waals surface area contributed by atoms with E-state index >= 15 is 0 Å². The minimum Gasteiger partial charge on any atom is -0.325 e. The van der Waals surface area contributed by atoms with Crippen molar-refractivity contribution in [2.45, 2.75) is 52.0 Å². The molecule has 1 aliphatic rings. The number of nitrogens with zero attached hydrogens (tertiary/aromatic N) is 1. The lowest BCUT2D eigenvalue weighted by Crippen LogP contribution is -2.48. The van der Waals surface area contributed by atoms with Crippen LogP contribution in [0.1, 0.15) is 46.5 Å². The molecule has 1 rings (SSSR count). The largest absolute Gasteiger partial charge is 0.325 e. The van der Waals surface area contributed by atoms with Crippen LogP contribution in [0.15, 0.2) is 0 Å². The van der Waals surface area contributed by atoms with Crippen molar-refractivity contribution < 1.29 is 0 Å². The Hall–Kier alpha value is -0.0800. The number of nitrogens with two attached hydrogens (primary N) is 1. The van der Waals surface area contributed by atoms with Gasteiger partial charge in [-0.1, -0.05) is 13.8 Å². The van der Waals surface area contributed by atoms with Crippen molar-refractivity contribution in [2.24, 2.45) is 11.7 Å². The summed E-state index contributed by atoms with van der Waals surface area (Å²) in [6.45, 7) is 10.4. The lowest BCUT2D eigenvalue weighted by molar-refractivity contribution is 0.168. The van der Waals surface area contributed by atoms with Gasteiger partial charge in [-0.25, -0.2) is 0 Å². The molecule has 0 aromatic carbocycles. The van der Waals surface area contributed by atoms with Gasteiger partial charge in [0, 0.05) is 5.54 Å². The van der Waals surface area contributed by atoms with E-state index in [0.29, 0.717) is 0 Å². The van der Waals surface area contributed by atoms with Crippen LogP contribution in [0.25, 0.3) is 0 Å². The highest BCUT2D eigenvalue weighted by molar-refractivity contribution is 4.85. The summed E-state index contributed by atoms with van der Waals surface area (Å²) >= 11 is 0. The highest BCUT2D eigenvalue weighted by Crippen LogP contribution is 2.19. The summed E-state index contributed by atoms with van der Waals surface area (Å²) in [4.78, 5) is 2.57. The number of hydrogen-bond donors (Lipinski definition) is 1. The first-order valence-electron chi connectivity index (χ1n) is 6.01. The second-order valence-electron chi connectivity index (χ2n) is 5.53. The molecule has 0 amide bonds. The molecule has 0 atom stereocenters. The Kier molecular flexibility index (Phi) is 4.39. The van der Waals surface area contributed by atoms with Crippen LogP contribution >= 0.6 is 0 Å². The third-order valence-corrected chi connectivity index (χ3v) is 3.25. The Morgan fingerprint density at radius 1 is 1.29 bits per heavy atom. The molecule has 1 heterocycles. The summed E-state index contributed by atoms with van der Waals surface area (Å²) in [5.41, 5.74) is 6.20. The molecule has 0 aromatic heterocycles. The van der Waals surface area contributed by atoms with E-state index < -0.39 is 0 Å². The molecule has 0 unspecified atom stereocenters. The van der Waals surface area contributed by atoms with Crippen LogP contribution < -0.4 is 5.73 Å². The minimum atomic E-state index is 0.106. The molecule has 2 nitrogen and oxygen atoms in total. The van der Waals surface area contributed by atoms with E-state index in [9.17, 15) is 0 Å². The Balaban J connectivity index is 2.10. The first kappa shape index (κ1) is 12.0. The van der Waals surface area contributed by atoms with Crippen LogP contribution in [-0.4, -0.2) is 30.1 Å². The molecule has 0 spiro atoms. The number of hydrogen-bond acceptors (Lipinski definition) is 2. The van der Waals surface area contributed by atoms with Crippen molar-refractivity contribution in [1.29, 1.82) is 0 Å². The monoisotopic (exact) mass is 198 g/mol. The van der Waals surface area contributed by atoms with Gasteiger partial charge < -0.3 is 10.6 Å². The molecule has 0 aromatic rings. The topological polar surface area (TPSA) is 29.3 Å². The van der Waals surface area contributed by atoms with Crippen molar-refractivity contribution in [3.05, 3.63) is 0 Å². The molecule has 1 aliphatic heterocycles. The lowest BCUT2D eigenvalue weighted by atomic mass is 9.91. The van der Waals surface area contributed by atoms with Gasteiger partial charge in [-0.3, -0.25) is 0 Å². The second kappa shape index (κ2) is 5.13. The molecule has 2 heteroatoms. The number of likely N-dealkylation sites (tertiary alicyclic amines) is 1. The first-order chi connectivity index (χ1) is 6.49. The Bertz CT molecular complexity index is 154. The average Bonchev–Trinajstić information content (AvgIpc) is 2.07. The maximum absolute atomic E-state index is 6.09. The molecule has 1 saturated heterocycles. The van der Waals surface area contributed by atoms with Gasteiger partial charge in [0.25, 0.3) is 0 Å². The predicted octanol–water partition coefficient (Wildman–Crippen LogP) is 2.24. The van der Waals surface area contributed by atoms with Gasteiger partial charge in [0.2, 0.25) is 0 Å². The highest BCUT2D eigenvalue weighted by Gasteiger charge is 2.25. The van der Waals surface area contributed by atoms with E-state index in [0.717, 1.165) is 18.8 Å². The fourth-order valence-corrected chi connectivity index (χ4v) is 2.01.